The molecule has 14 heavy (non-hydrogen) atoms. The third-order valence-corrected chi connectivity index (χ3v) is 3.72. The summed E-state index contributed by atoms with van der Waals surface area (Å²) in [6.45, 7) is 0.0852. The highest BCUT2D eigenvalue weighted by Gasteiger charge is 2.27. The number of nitro groups is 1. The van der Waals surface area contributed by atoms with Gasteiger partial charge >= 0.3 is 0 Å². The summed E-state index contributed by atoms with van der Waals surface area (Å²) in [7, 11) is 0. The quantitative estimate of drug-likeness (QED) is 0.303. The fourth-order valence-corrected chi connectivity index (χ4v) is 2.98. The van der Waals surface area contributed by atoms with Gasteiger partial charge in [0.05, 0.1) is 5.75 Å². The lowest BCUT2D eigenvalue weighted by molar-refractivity contribution is -0.474. The largest absolute Gasteiger partial charge is 0.265 e. The molecular formula is C10H13NO2S. The van der Waals surface area contributed by atoms with Crippen molar-refractivity contribution < 1.29 is 4.92 Å². The van der Waals surface area contributed by atoms with Crippen LogP contribution in [0.5, 0.6) is 0 Å². The Balaban J connectivity index is 1.68. The molecule has 0 heterocycles. The van der Waals surface area contributed by atoms with Gasteiger partial charge in [0.1, 0.15) is 0 Å². The molecule has 2 aliphatic carbocycles. The summed E-state index contributed by atoms with van der Waals surface area (Å²) in [6, 6.07) is 0. The summed E-state index contributed by atoms with van der Waals surface area (Å²) in [5.41, 5.74) is 1.48. The van der Waals surface area contributed by atoms with E-state index in [0.717, 1.165) is 5.75 Å². The van der Waals surface area contributed by atoms with Gasteiger partial charge in [0, 0.05) is 10.7 Å². The highest BCUT2D eigenvalue weighted by atomic mass is 32.2. The molecule has 0 N–H and O–H groups in total. The molecule has 4 heteroatoms. The maximum absolute atomic E-state index is 10.1. The molecule has 0 spiro atoms. The molecule has 0 radical (unpaired) electrons. The molecule has 2 atom stereocenters. The van der Waals surface area contributed by atoms with E-state index < -0.39 is 0 Å². The van der Waals surface area contributed by atoms with Crippen molar-refractivity contribution in [3.63, 3.8) is 0 Å². The van der Waals surface area contributed by atoms with E-state index in [4.69, 9.17) is 0 Å². The maximum atomic E-state index is 10.1. The topological polar surface area (TPSA) is 43.1 Å². The lowest BCUT2D eigenvalue weighted by Crippen LogP contribution is -2.05. The fraction of sp³-hybridized carbons (Fsp3) is 0.600. The van der Waals surface area contributed by atoms with Crippen LogP contribution >= 0.6 is 11.8 Å². The number of nitrogens with zero attached hydrogens (tertiary/aromatic N) is 1. The third kappa shape index (κ3) is 2.18. The standard InChI is InChI=1S/C10H13NO2S/c12-11(13)3-4-14-7-10-6-8-1-2-9(10)5-8/h1-2,6,8-9H,3-5,7H2. The van der Waals surface area contributed by atoms with Crippen molar-refractivity contribution in [2.45, 2.75) is 6.42 Å². The summed E-state index contributed by atoms with van der Waals surface area (Å²) < 4.78 is 0. The minimum Gasteiger partial charge on any atom is -0.265 e. The molecule has 0 amide bonds. The van der Waals surface area contributed by atoms with Gasteiger partial charge in [-0.3, -0.25) is 10.1 Å². The SMILES string of the molecule is O=[N+]([O-])CCSCC1=CC2C=CC1C2. The molecule has 0 saturated carbocycles. The molecule has 2 unspecified atom stereocenters. The van der Waals surface area contributed by atoms with Crippen molar-refractivity contribution in [1.82, 2.24) is 0 Å². The Bertz CT molecular complexity index is 298. The Labute approximate surface area is 87.4 Å². The van der Waals surface area contributed by atoms with Gasteiger partial charge < -0.3 is 0 Å². The van der Waals surface area contributed by atoms with Gasteiger partial charge in [-0.1, -0.05) is 23.8 Å². The van der Waals surface area contributed by atoms with Gasteiger partial charge in [-0.05, 0) is 18.3 Å². The van der Waals surface area contributed by atoms with E-state index >= 15 is 0 Å². The van der Waals surface area contributed by atoms with Crippen LogP contribution in [0, 0.1) is 22.0 Å². The van der Waals surface area contributed by atoms with E-state index in [2.05, 4.69) is 18.2 Å². The van der Waals surface area contributed by atoms with Gasteiger partial charge in [0.15, 0.2) is 0 Å². The summed E-state index contributed by atoms with van der Waals surface area (Å²) >= 11 is 1.67. The molecule has 0 fully saturated rings. The Kier molecular flexibility index (Phi) is 2.91. The Morgan fingerprint density at radius 1 is 1.57 bits per heavy atom. The van der Waals surface area contributed by atoms with Gasteiger partial charge in [0.2, 0.25) is 6.54 Å². The van der Waals surface area contributed by atoms with Crippen LogP contribution in [0.2, 0.25) is 0 Å². The van der Waals surface area contributed by atoms with Crippen LogP contribution in [0.1, 0.15) is 6.42 Å². The first kappa shape index (κ1) is 9.77. The monoisotopic (exact) mass is 211 g/mol. The normalized spacial score (nSPS) is 28.1. The summed E-state index contributed by atoms with van der Waals surface area (Å²) in [6.07, 6.45) is 8.10. The Morgan fingerprint density at radius 3 is 3.00 bits per heavy atom. The summed E-state index contributed by atoms with van der Waals surface area (Å²) in [5.74, 6) is 2.90. The molecule has 2 aliphatic rings. The second-order valence-electron chi connectivity index (χ2n) is 3.74. The van der Waals surface area contributed by atoms with Crippen molar-refractivity contribution >= 4 is 11.8 Å². The van der Waals surface area contributed by atoms with Gasteiger partial charge in [-0.25, -0.2) is 0 Å². The molecular weight excluding hydrogens is 198 g/mol. The van der Waals surface area contributed by atoms with Gasteiger partial charge in [-0.15, -0.1) is 0 Å². The first-order chi connectivity index (χ1) is 6.75. The number of fused-ring (bicyclic) bond motifs is 2. The first-order valence-electron chi connectivity index (χ1n) is 4.84. The number of thioether (sulfide) groups is 1. The minimum atomic E-state index is -0.248. The number of rotatable bonds is 5. The van der Waals surface area contributed by atoms with E-state index in [1.807, 2.05) is 0 Å². The first-order valence-corrected chi connectivity index (χ1v) is 5.99. The van der Waals surface area contributed by atoms with Crippen LogP contribution in [0.3, 0.4) is 0 Å². The van der Waals surface area contributed by atoms with E-state index in [1.54, 1.807) is 11.8 Å². The average molecular weight is 211 g/mol. The summed E-state index contributed by atoms with van der Waals surface area (Å²) in [4.78, 5) is 9.84. The van der Waals surface area contributed by atoms with Crippen molar-refractivity contribution in [3.05, 3.63) is 33.9 Å². The minimum absolute atomic E-state index is 0.0852. The molecule has 3 nitrogen and oxygen atoms in total. The molecule has 0 aromatic heterocycles. The molecule has 2 rings (SSSR count). The van der Waals surface area contributed by atoms with Crippen LogP contribution < -0.4 is 0 Å². The van der Waals surface area contributed by atoms with Crippen molar-refractivity contribution in [2.24, 2.45) is 11.8 Å². The zero-order valence-corrected chi connectivity index (χ0v) is 8.70. The van der Waals surface area contributed by atoms with E-state index in [0.29, 0.717) is 17.6 Å². The molecule has 76 valence electrons. The smallest absolute Gasteiger partial charge is 0.212 e. The highest BCUT2D eigenvalue weighted by molar-refractivity contribution is 7.99. The van der Waals surface area contributed by atoms with E-state index in [1.165, 1.54) is 12.0 Å². The number of hydrogen-bond donors (Lipinski definition) is 0. The molecule has 0 aromatic rings. The second-order valence-corrected chi connectivity index (χ2v) is 4.85. The fourth-order valence-electron chi connectivity index (χ4n) is 2.01. The third-order valence-electron chi connectivity index (χ3n) is 2.71. The zero-order valence-electron chi connectivity index (χ0n) is 7.89. The van der Waals surface area contributed by atoms with Crippen molar-refractivity contribution in [3.8, 4) is 0 Å². The Morgan fingerprint density at radius 2 is 2.43 bits per heavy atom. The summed E-state index contributed by atoms with van der Waals surface area (Å²) in [5, 5.41) is 10.1. The van der Waals surface area contributed by atoms with Crippen LogP contribution in [0.4, 0.5) is 0 Å². The zero-order chi connectivity index (χ0) is 9.97. The van der Waals surface area contributed by atoms with Crippen LogP contribution in [0.15, 0.2) is 23.8 Å². The molecule has 0 aliphatic heterocycles. The Hall–Kier alpha value is -0.770. The van der Waals surface area contributed by atoms with Crippen molar-refractivity contribution in [1.29, 1.82) is 0 Å². The lowest BCUT2D eigenvalue weighted by atomic mass is 10.1. The number of hydrogen-bond acceptors (Lipinski definition) is 3. The van der Waals surface area contributed by atoms with Crippen LogP contribution in [-0.4, -0.2) is 23.0 Å². The highest BCUT2D eigenvalue weighted by Crippen LogP contribution is 2.39. The predicted molar refractivity (Wildman–Crippen MR) is 58.0 cm³/mol. The van der Waals surface area contributed by atoms with E-state index in [9.17, 15) is 10.1 Å². The lowest BCUT2D eigenvalue weighted by Gasteiger charge is -2.08. The van der Waals surface area contributed by atoms with Crippen LogP contribution in [0.25, 0.3) is 0 Å². The van der Waals surface area contributed by atoms with Crippen LogP contribution in [-0.2, 0) is 0 Å². The van der Waals surface area contributed by atoms with E-state index in [-0.39, 0.29) is 11.5 Å². The van der Waals surface area contributed by atoms with Crippen molar-refractivity contribution in [2.75, 3.05) is 18.1 Å². The molecule has 0 aromatic carbocycles. The molecule has 0 saturated heterocycles. The molecule has 2 bridgehead atoms. The maximum Gasteiger partial charge on any atom is 0.212 e. The number of allylic oxidation sites excluding steroid dienone is 3. The second kappa shape index (κ2) is 4.17. The van der Waals surface area contributed by atoms with Gasteiger partial charge in [-0.2, -0.15) is 11.8 Å². The predicted octanol–water partition coefficient (Wildman–Crippen LogP) is 2.13. The van der Waals surface area contributed by atoms with Gasteiger partial charge in [0.25, 0.3) is 0 Å². The average Bonchev–Trinajstić information content (AvgIpc) is 2.73.